The Morgan fingerprint density at radius 3 is 2.59 bits per heavy atom. The number of nitrogens with zero attached hydrogens (tertiary/aromatic N) is 2. The van der Waals surface area contributed by atoms with Crippen molar-refractivity contribution < 1.29 is 19.5 Å². The van der Waals surface area contributed by atoms with E-state index in [1.165, 1.54) is 18.6 Å². The molecule has 90 valence electrons. The minimum Gasteiger partial charge on any atom is -0.465 e. The summed E-state index contributed by atoms with van der Waals surface area (Å²) < 4.78 is 0. The van der Waals surface area contributed by atoms with Crippen molar-refractivity contribution in [3.05, 3.63) is 24.3 Å². The molecular weight excluding hydrogens is 230 g/mol. The molecule has 0 atom stereocenters. The number of aromatic nitrogens is 2. The zero-order chi connectivity index (χ0) is 12.7. The van der Waals surface area contributed by atoms with Crippen LogP contribution >= 0.6 is 0 Å². The van der Waals surface area contributed by atoms with Gasteiger partial charge in [0.1, 0.15) is 12.2 Å². The second-order valence-electron chi connectivity index (χ2n) is 2.75. The molecule has 17 heavy (non-hydrogen) atoms. The Morgan fingerprint density at radius 2 is 2.00 bits per heavy atom. The highest BCUT2D eigenvalue weighted by atomic mass is 16.4. The van der Waals surface area contributed by atoms with Crippen LogP contribution in [0.15, 0.2) is 18.6 Å². The number of amides is 3. The summed E-state index contributed by atoms with van der Waals surface area (Å²) in [6.07, 6.45) is 2.60. The Balaban J connectivity index is 2.34. The maximum Gasteiger partial charge on any atom is 0.405 e. The molecule has 0 saturated carbocycles. The van der Waals surface area contributed by atoms with Gasteiger partial charge in [-0.1, -0.05) is 0 Å². The van der Waals surface area contributed by atoms with E-state index in [0.717, 1.165) is 0 Å². The Morgan fingerprint density at radius 1 is 1.24 bits per heavy atom. The summed E-state index contributed by atoms with van der Waals surface area (Å²) in [5, 5.41) is 10.1. The summed E-state index contributed by atoms with van der Waals surface area (Å²) in [4.78, 5) is 39.7. The van der Waals surface area contributed by atoms with Gasteiger partial charge in [-0.2, -0.15) is 0 Å². The Hall–Kier alpha value is -2.71. The topological polar surface area (TPSA) is 133 Å². The Kier molecular flexibility index (Phi) is 4.36. The first-order chi connectivity index (χ1) is 8.09. The third kappa shape index (κ3) is 4.55. The van der Waals surface area contributed by atoms with Gasteiger partial charge in [0.2, 0.25) is 0 Å². The normalized spacial score (nSPS) is 9.18. The molecule has 0 aliphatic rings. The molecule has 0 aromatic carbocycles. The first-order valence-corrected chi connectivity index (χ1v) is 4.41. The number of hydrazine groups is 1. The van der Waals surface area contributed by atoms with Crippen molar-refractivity contribution in [3.8, 4) is 0 Å². The smallest absolute Gasteiger partial charge is 0.405 e. The van der Waals surface area contributed by atoms with Gasteiger partial charge in [-0.25, -0.2) is 9.78 Å². The molecule has 0 bridgehead atoms. The average molecular weight is 239 g/mol. The number of hydrogen-bond donors (Lipinski definition) is 4. The van der Waals surface area contributed by atoms with Gasteiger partial charge >= 0.3 is 6.09 Å². The summed E-state index contributed by atoms with van der Waals surface area (Å²) in [6, 6.07) is 0. The van der Waals surface area contributed by atoms with Crippen LogP contribution in [0.5, 0.6) is 0 Å². The quantitative estimate of drug-likeness (QED) is 0.474. The molecule has 4 N–H and O–H groups in total. The number of rotatable bonds is 3. The van der Waals surface area contributed by atoms with E-state index >= 15 is 0 Å². The van der Waals surface area contributed by atoms with Gasteiger partial charge in [0, 0.05) is 12.4 Å². The van der Waals surface area contributed by atoms with Crippen molar-refractivity contribution in [2.24, 2.45) is 0 Å². The molecule has 0 aliphatic heterocycles. The maximum atomic E-state index is 11.3. The minimum atomic E-state index is -1.33. The zero-order valence-corrected chi connectivity index (χ0v) is 8.51. The van der Waals surface area contributed by atoms with Crippen molar-refractivity contribution in [3.63, 3.8) is 0 Å². The highest BCUT2D eigenvalue weighted by Gasteiger charge is 2.08. The first-order valence-electron chi connectivity index (χ1n) is 4.41. The Bertz CT molecular complexity index is 421. The summed E-state index contributed by atoms with van der Waals surface area (Å²) in [5.74, 6) is -1.36. The fourth-order valence-corrected chi connectivity index (χ4v) is 0.807. The molecule has 0 fully saturated rings. The third-order valence-corrected chi connectivity index (χ3v) is 1.51. The molecule has 0 unspecified atom stereocenters. The standard InChI is InChI=1S/C8H9N5O4/c14-6(4-11-8(16)17)12-13-7(15)5-3-9-1-2-10-5/h1-3,11H,4H2,(H,12,14)(H,13,15)(H,16,17). The predicted molar refractivity (Wildman–Crippen MR) is 53.7 cm³/mol. The van der Waals surface area contributed by atoms with E-state index in [9.17, 15) is 14.4 Å². The summed E-state index contributed by atoms with van der Waals surface area (Å²) in [5.41, 5.74) is 4.08. The zero-order valence-electron chi connectivity index (χ0n) is 8.51. The lowest BCUT2D eigenvalue weighted by atomic mass is 10.4. The van der Waals surface area contributed by atoms with Crippen molar-refractivity contribution in [1.82, 2.24) is 26.1 Å². The van der Waals surface area contributed by atoms with Gasteiger partial charge in [0.05, 0.1) is 6.20 Å². The van der Waals surface area contributed by atoms with Crippen LogP contribution in [0.3, 0.4) is 0 Å². The van der Waals surface area contributed by atoms with Crippen LogP contribution in [0, 0.1) is 0 Å². The van der Waals surface area contributed by atoms with Gasteiger partial charge in [0.25, 0.3) is 11.8 Å². The summed E-state index contributed by atoms with van der Waals surface area (Å²) in [7, 11) is 0. The van der Waals surface area contributed by atoms with Crippen molar-refractivity contribution in [1.29, 1.82) is 0 Å². The van der Waals surface area contributed by atoms with E-state index in [0.29, 0.717) is 0 Å². The third-order valence-electron chi connectivity index (χ3n) is 1.51. The maximum absolute atomic E-state index is 11.3. The largest absolute Gasteiger partial charge is 0.465 e. The molecule has 9 nitrogen and oxygen atoms in total. The molecule has 3 amide bonds. The molecule has 0 aliphatic carbocycles. The van der Waals surface area contributed by atoms with Gasteiger partial charge in [-0.05, 0) is 0 Å². The lowest BCUT2D eigenvalue weighted by Crippen LogP contribution is -2.46. The first kappa shape index (κ1) is 12.4. The number of carboxylic acid groups (broad SMARTS) is 1. The van der Waals surface area contributed by atoms with Crippen LogP contribution in [0.25, 0.3) is 0 Å². The number of carbonyl (C=O) groups excluding carboxylic acids is 2. The average Bonchev–Trinajstić information content (AvgIpc) is 2.34. The number of carbonyl (C=O) groups is 3. The predicted octanol–water partition coefficient (Wildman–Crippen LogP) is -1.49. The van der Waals surface area contributed by atoms with E-state index in [1.807, 2.05) is 16.2 Å². The fourth-order valence-electron chi connectivity index (χ4n) is 0.807. The summed E-state index contributed by atoms with van der Waals surface area (Å²) in [6.45, 7) is -0.462. The molecule has 1 rings (SSSR count). The number of nitrogens with one attached hydrogen (secondary N) is 3. The second-order valence-corrected chi connectivity index (χ2v) is 2.75. The fraction of sp³-hybridized carbons (Fsp3) is 0.125. The van der Waals surface area contributed by atoms with Crippen LogP contribution in [0.4, 0.5) is 4.79 Å². The lowest BCUT2D eigenvalue weighted by Gasteiger charge is -2.06. The second kappa shape index (κ2) is 6.00. The molecule has 0 spiro atoms. The molecule has 0 radical (unpaired) electrons. The van der Waals surface area contributed by atoms with Gasteiger partial charge in [-0.3, -0.25) is 25.4 Å². The minimum absolute atomic E-state index is 0.0268. The summed E-state index contributed by atoms with van der Waals surface area (Å²) >= 11 is 0. The van der Waals surface area contributed by atoms with Crippen LogP contribution in [0.2, 0.25) is 0 Å². The monoisotopic (exact) mass is 239 g/mol. The van der Waals surface area contributed by atoms with E-state index in [4.69, 9.17) is 5.11 Å². The molecule has 9 heteroatoms. The van der Waals surface area contributed by atoms with Gasteiger partial charge < -0.3 is 10.4 Å². The highest BCUT2D eigenvalue weighted by Crippen LogP contribution is 1.87. The van der Waals surface area contributed by atoms with E-state index < -0.39 is 24.5 Å². The van der Waals surface area contributed by atoms with Crippen molar-refractivity contribution in [2.75, 3.05) is 6.54 Å². The van der Waals surface area contributed by atoms with Crippen molar-refractivity contribution in [2.45, 2.75) is 0 Å². The van der Waals surface area contributed by atoms with E-state index in [1.54, 1.807) is 0 Å². The van der Waals surface area contributed by atoms with Crippen LogP contribution in [-0.2, 0) is 4.79 Å². The number of hydrogen-bond acceptors (Lipinski definition) is 5. The SMILES string of the molecule is O=C(O)NCC(=O)NNC(=O)c1cnccn1. The molecule has 0 saturated heterocycles. The van der Waals surface area contributed by atoms with Gasteiger partial charge in [-0.15, -0.1) is 0 Å². The Labute approximate surface area is 95.2 Å². The van der Waals surface area contributed by atoms with Crippen LogP contribution in [-0.4, -0.2) is 39.5 Å². The van der Waals surface area contributed by atoms with E-state index in [2.05, 4.69) is 9.97 Å². The highest BCUT2D eigenvalue weighted by molar-refractivity contribution is 5.93. The van der Waals surface area contributed by atoms with Crippen LogP contribution in [0.1, 0.15) is 10.5 Å². The van der Waals surface area contributed by atoms with E-state index in [-0.39, 0.29) is 5.69 Å². The molecule has 1 heterocycles. The lowest BCUT2D eigenvalue weighted by molar-refractivity contribution is -0.120. The van der Waals surface area contributed by atoms with Crippen molar-refractivity contribution >= 4 is 17.9 Å². The molecular formula is C8H9N5O4. The van der Waals surface area contributed by atoms with Gasteiger partial charge in [0.15, 0.2) is 0 Å². The molecule has 1 aromatic heterocycles. The molecule has 1 aromatic rings. The van der Waals surface area contributed by atoms with Crippen LogP contribution < -0.4 is 16.2 Å².